The number of para-hydroxylation sites is 1. The van der Waals surface area contributed by atoms with Gasteiger partial charge in [-0.25, -0.2) is 0 Å². The van der Waals surface area contributed by atoms with Crippen molar-refractivity contribution < 1.29 is 9.72 Å². The topological polar surface area (TPSA) is 96.6 Å². The van der Waals surface area contributed by atoms with Crippen LogP contribution in [0.15, 0.2) is 53.5 Å². The Labute approximate surface area is 138 Å². The predicted molar refractivity (Wildman–Crippen MR) is 91.5 cm³/mol. The molecule has 1 amide bonds. The second-order valence-electron chi connectivity index (χ2n) is 5.32. The molecule has 0 radical (unpaired) electrons. The fraction of sp³-hybridized carbons (Fsp3) is 0.176. The Bertz CT molecular complexity index is 817. The first-order chi connectivity index (χ1) is 11.6. The molecule has 7 nitrogen and oxygen atoms in total. The number of carbonyl (C=O) groups excluding carboxylic acids is 1. The predicted octanol–water partition coefficient (Wildman–Crippen LogP) is 2.59. The molecule has 2 aromatic rings. The lowest BCUT2D eigenvalue weighted by Gasteiger charge is -2.17. The number of nitrogens with one attached hydrogen (secondary N) is 2. The van der Waals surface area contributed by atoms with Crippen LogP contribution in [0.25, 0.3) is 0 Å². The van der Waals surface area contributed by atoms with E-state index >= 15 is 0 Å². The smallest absolute Gasteiger partial charge is 0.270 e. The van der Waals surface area contributed by atoms with Crippen LogP contribution in [0.4, 0.5) is 11.4 Å². The minimum absolute atomic E-state index is 0.116. The van der Waals surface area contributed by atoms with Crippen molar-refractivity contribution in [1.82, 2.24) is 5.32 Å². The number of hydrogen-bond acceptors (Lipinski definition) is 5. The van der Waals surface area contributed by atoms with E-state index in [4.69, 9.17) is 0 Å². The van der Waals surface area contributed by atoms with Gasteiger partial charge in [-0.1, -0.05) is 18.2 Å². The van der Waals surface area contributed by atoms with E-state index in [0.29, 0.717) is 5.69 Å². The normalized spacial score (nSPS) is 13.6. The molecule has 122 valence electrons. The fourth-order valence-electron chi connectivity index (χ4n) is 2.47. The summed E-state index contributed by atoms with van der Waals surface area (Å²) in [6.45, 7) is 1.58. The molecule has 2 aromatic carbocycles. The number of carbonyl (C=O) groups is 1. The standard InChI is InChI=1S/C17H16N4O3/c22-17(12-5-3-6-13(11-12)21(23)24)20-15-8-2-1-7-14(15)16-18-9-4-10-19-16/h1-3,5-8,11H,4,9-10H2,(H,18,19)(H,20,22). The molecule has 0 fully saturated rings. The van der Waals surface area contributed by atoms with E-state index < -0.39 is 10.8 Å². The number of anilines is 1. The summed E-state index contributed by atoms with van der Waals surface area (Å²) in [6.07, 6.45) is 0.978. The molecule has 7 heteroatoms. The lowest BCUT2D eigenvalue weighted by molar-refractivity contribution is -0.384. The first-order valence-corrected chi connectivity index (χ1v) is 7.58. The van der Waals surface area contributed by atoms with Crippen LogP contribution in [0, 0.1) is 10.1 Å². The number of nitrogens with zero attached hydrogens (tertiary/aromatic N) is 2. The zero-order valence-corrected chi connectivity index (χ0v) is 12.9. The monoisotopic (exact) mass is 324 g/mol. The maximum Gasteiger partial charge on any atom is 0.270 e. The summed E-state index contributed by atoms with van der Waals surface area (Å²) in [5, 5.41) is 16.9. The Kier molecular flexibility index (Phi) is 4.51. The molecule has 0 saturated heterocycles. The summed E-state index contributed by atoms with van der Waals surface area (Å²) >= 11 is 0. The molecular weight excluding hydrogens is 308 g/mol. The lowest BCUT2D eigenvalue weighted by atomic mass is 10.1. The highest BCUT2D eigenvalue weighted by Gasteiger charge is 2.15. The van der Waals surface area contributed by atoms with Crippen molar-refractivity contribution in [2.24, 2.45) is 4.99 Å². The largest absolute Gasteiger partial charge is 0.370 e. The molecule has 0 spiro atoms. The van der Waals surface area contributed by atoms with Crippen molar-refractivity contribution in [3.63, 3.8) is 0 Å². The number of amidine groups is 1. The van der Waals surface area contributed by atoms with E-state index in [1.54, 1.807) is 12.1 Å². The zero-order valence-electron chi connectivity index (χ0n) is 12.9. The zero-order chi connectivity index (χ0) is 16.9. The van der Waals surface area contributed by atoms with Gasteiger partial charge in [0.15, 0.2) is 0 Å². The fourth-order valence-corrected chi connectivity index (χ4v) is 2.47. The van der Waals surface area contributed by atoms with Crippen LogP contribution in [-0.2, 0) is 0 Å². The maximum atomic E-state index is 12.4. The molecule has 1 heterocycles. The van der Waals surface area contributed by atoms with Crippen LogP contribution in [0.2, 0.25) is 0 Å². The van der Waals surface area contributed by atoms with E-state index in [2.05, 4.69) is 15.6 Å². The number of aliphatic imine (C=N–C) groups is 1. The quantitative estimate of drug-likeness (QED) is 0.667. The average molecular weight is 324 g/mol. The molecule has 0 atom stereocenters. The summed E-state index contributed by atoms with van der Waals surface area (Å²) in [7, 11) is 0. The molecule has 0 aromatic heterocycles. The second kappa shape index (κ2) is 6.91. The van der Waals surface area contributed by atoms with Crippen LogP contribution in [-0.4, -0.2) is 29.8 Å². The van der Waals surface area contributed by atoms with Crippen molar-refractivity contribution in [2.45, 2.75) is 6.42 Å². The molecule has 0 saturated carbocycles. The average Bonchev–Trinajstić information content (AvgIpc) is 2.63. The molecule has 1 aliphatic rings. The Hall–Kier alpha value is -3.22. The van der Waals surface area contributed by atoms with Gasteiger partial charge >= 0.3 is 0 Å². The first-order valence-electron chi connectivity index (χ1n) is 7.58. The van der Waals surface area contributed by atoms with Crippen molar-refractivity contribution >= 4 is 23.1 Å². The molecule has 0 unspecified atom stereocenters. The Morgan fingerprint density at radius 3 is 2.79 bits per heavy atom. The molecular formula is C17H16N4O3. The van der Waals surface area contributed by atoms with Crippen LogP contribution in [0.1, 0.15) is 22.3 Å². The highest BCUT2D eigenvalue weighted by molar-refractivity contribution is 6.10. The molecule has 2 N–H and O–H groups in total. The number of benzene rings is 2. The SMILES string of the molecule is O=C(Nc1ccccc1C1=NCCCN1)c1cccc([N+](=O)[O-])c1. The van der Waals surface area contributed by atoms with Gasteiger partial charge < -0.3 is 10.6 Å². The molecule has 0 aliphatic carbocycles. The number of nitro groups is 1. The van der Waals surface area contributed by atoms with E-state index in [0.717, 1.165) is 30.9 Å². The second-order valence-corrected chi connectivity index (χ2v) is 5.32. The van der Waals surface area contributed by atoms with Gasteiger partial charge in [-0.05, 0) is 24.6 Å². The summed E-state index contributed by atoms with van der Waals surface area (Å²) < 4.78 is 0. The van der Waals surface area contributed by atoms with Gasteiger partial charge in [-0.15, -0.1) is 0 Å². The minimum Gasteiger partial charge on any atom is -0.370 e. The van der Waals surface area contributed by atoms with E-state index in [9.17, 15) is 14.9 Å². The van der Waals surface area contributed by atoms with E-state index in [-0.39, 0.29) is 11.3 Å². The lowest BCUT2D eigenvalue weighted by Crippen LogP contribution is -2.31. The van der Waals surface area contributed by atoms with Crippen LogP contribution >= 0.6 is 0 Å². The number of rotatable bonds is 4. The van der Waals surface area contributed by atoms with Gasteiger partial charge in [0.1, 0.15) is 5.84 Å². The van der Waals surface area contributed by atoms with E-state index in [1.165, 1.54) is 18.2 Å². The third-order valence-electron chi connectivity index (χ3n) is 3.65. The summed E-state index contributed by atoms with van der Waals surface area (Å²) in [5.41, 5.74) is 1.53. The molecule has 1 aliphatic heterocycles. The third-order valence-corrected chi connectivity index (χ3v) is 3.65. The number of nitro benzene ring substituents is 1. The number of hydrogen-bond donors (Lipinski definition) is 2. The Morgan fingerprint density at radius 2 is 2.04 bits per heavy atom. The third kappa shape index (κ3) is 3.40. The summed E-state index contributed by atoms with van der Waals surface area (Å²) in [5.74, 6) is 0.346. The molecule has 24 heavy (non-hydrogen) atoms. The van der Waals surface area contributed by atoms with E-state index in [1.807, 2.05) is 18.2 Å². The van der Waals surface area contributed by atoms with Gasteiger partial charge in [-0.2, -0.15) is 0 Å². The van der Waals surface area contributed by atoms with Crippen molar-refractivity contribution in [3.05, 3.63) is 69.8 Å². The summed E-state index contributed by atoms with van der Waals surface area (Å²) in [6, 6.07) is 13.0. The minimum atomic E-state index is -0.522. The molecule has 0 bridgehead atoms. The highest BCUT2D eigenvalue weighted by atomic mass is 16.6. The van der Waals surface area contributed by atoms with Crippen molar-refractivity contribution in [3.8, 4) is 0 Å². The van der Waals surface area contributed by atoms with Crippen molar-refractivity contribution in [2.75, 3.05) is 18.4 Å². The Morgan fingerprint density at radius 1 is 1.21 bits per heavy atom. The summed E-state index contributed by atoms with van der Waals surface area (Å²) in [4.78, 5) is 27.2. The van der Waals surface area contributed by atoms with Gasteiger partial charge in [0, 0.05) is 36.3 Å². The van der Waals surface area contributed by atoms with Gasteiger partial charge in [0.05, 0.1) is 10.6 Å². The number of non-ortho nitro benzene ring substituents is 1. The van der Waals surface area contributed by atoms with Crippen LogP contribution in [0.3, 0.4) is 0 Å². The highest BCUT2D eigenvalue weighted by Crippen LogP contribution is 2.19. The molecule has 3 rings (SSSR count). The maximum absolute atomic E-state index is 12.4. The van der Waals surface area contributed by atoms with Crippen LogP contribution in [0.5, 0.6) is 0 Å². The van der Waals surface area contributed by atoms with Gasteiger partial charge in [0.2, 0.25) is 0 Å². The Balaban J connectivity index is 1.86. The van der Waals surface area contributed by atoms with Crippen molar-refractivity contribution in [1.29, 1.82) is 0 Å². The van der Waals surface area contributed by atoms with Gasteiger partial charge in [-0.3, -0.25) is 19.9 Å². The van der Waals surface area contributed by atoms with Crippen LogP contribution < -0.4 is 10.6 Å². The first kappa shape index (κ1) is 15.7. The van der Waals surface area contributed by atoms with Gasteiger partial charge in [0.25, 0.3) is 11.6 Å². The number of amides is 1.